The molecule has 6 nitrogen and oxygen atoms in total. The van der Waals surface area contributed by atoms with Gasteiger partial charge in [0.2, 0.25) is 0 Å². The number of aromatic nitrogens is 2. The van der Waals surface area contributed by atoms with Gasteiger partial charge >= 0.3 is 0 Å². The smallest absolute Gasteiger partial charge is 0.255 e. The Balaban J connectivity index is 1.96. The van der Waals surface area contributed by atoms with Gasteiger partial charge in [-0.25, -0.2) is 0 Å². The largest absolute Gasteiger partial charge is 0.360 e. The Morgan fingerprint density at radius 3 is 2.71 bits per heavy atom. The maximum atomic E-state index is 13.2. The molecule has 3 rings (SSSR count). The number of piperidine rings is 1. The van der Waals surface area contributed by atoms with E-state index in [2.05, 4.69) is 5.16 Å². The SMILES string of the molecule is Cc1cc(-n2c(C)cc(C(=O)N3CCCC[C@@H]3[C@H](C)N)c2C)no1. The van der Waals surface area contributed by atoms with Crippen molar-refractivity contribution >= 4 is 5.91 Å². The lowest BCUT2D eigenvalue weighted by atomic mass is 9.96. The molecule has 0 spiro atoms. The second-order valence-corrected chi connectivity index (χ2v) is 6.84. The molecule has 0 aromatic carbocycles. The van der Waals surface area contributed by atoms with Crippen molar-refractivity contribution in [2.75, 3.05) is 6.54 Å². The minimum Gasteiger partial charge on any atom is -0.360 e. The van der Waals surface area contributed by atoms with Crippen molar-refractivity contribution in [1.82, 2.24) is 14.6 Å². The number of nitrogens with zero attached hydrogens (tertiary/aromatic N) is 3. The first-order valence-corrected chi connectivity index (χ1v) is 8.59. The van der Waals surface area contributed by atoms with Crippen LogP contribution in [0.5, 0.6) is 0 Å². The van der Waals surface area contributed by atoms with Crippen molar-refractivity contribution in [2.24, 2.45) is 5.73 Å². The van der Waals surface area contributed by atoms with E-state index >= 15 is 0 Å². The lowest BCUT2D eigenvalue weighted by Crippen LogP contribution is -2.51. The minimum absolute atomic E-state index is 0.0177. The van der Waals surface area contributed by atoms with Crippen molar-refractivity contribution in [3.63, 3.8) is 0 Å². The van der Waals surface area contributed by atoms with Gasteiger partial charge in [0.15, 0.2) is 5.82 Å². The highest BCUT2D eigenvalue weighted by molar-refractivity contribution is 5.96. The normalized spacial score (nSPS) is 19.5. The topological polar surface area (TPSA) is 77.3 Å². The number of nitrogens with two attached hydrogens (primary N) is 1. The van der Waals surface area contributed by atoms with Crippen LogP contribution in [0.2, 0.25) is 0 Å². The molecule has 2 N–H and O–H groups in total. The average Bonchev–Trinajstić information content (AvgIpc) is 3.09. The molecule has 130 valence electrons. The summed E-state index contributed by atoms with van der Waals surface area (Å²) in [7, 11) is 0. The molecule has 1 saturated heterocycles. The zero-order chi connectivity index (χ0) is 17.4. The highest BCUT2D eigenvalue weighted by atomic mass is 16.5. The molecule has 0 radical (unpaired) electrons. The van der Waals surface area contributed by atoms with E-state index < -0.39 is 0 Å². The number of hydrogen-bond donors (Lipinski definition) is 1. The molecule has 0 bridgehead atoms. The monoisotopic (exact) mass is 330 g/mol. The number of carbonyl (C=O) groups is 1. The summed E-state index contributed by atoms with van der Waals surface area (Å²) in [5, 5.41) is 4.08. The summed E-state index contributed by atoms with van der Waals surface area (Å²) < 4.78 is 7.15. The zero-order valence-electron chi connectivity index (χ0n) is 14.9. The summed E-state index contributed by atoms with van der Waals surface area (Å²) in [6.07, 6.45) is 3.15. The number of likely N-dealkylation sites (tertiary alicyclic amines) is 1. The first-order valence-electron chi connectivity index (χ1n) is 8.59. The predicted octanol–water partition coefficient (Wildman–Crippen LogP) is 2.73. The maximum absolute atomic E-state index is 13.2. The van der Waals surface area contributed by atoms with E-state index in [-0.39, 0.29) is 18.0 Å². The highest BCUT2D eigenvalue weighted by Gasteiger charge is 2.31. The molecule has 0 saturated carbocycles. The fourth-order valence-corrected chi connectivity index (χ4v) is 3.70. The molecule has 0 aliphatic carbocycles. The average molecular weight is 330 g/mol. The van der Waals surface area contributed by atoms with Crippen LogP contribution in [0.25, 0.3) is 5.82 Å². The second kappa shape index (κ2) is 6.43. The Bertz CT molecular complexity index is 744. The van der Waals surface area contributed by atoms with E-state index in [4.69, 9.17) is 10.3 Å². The molecular weight excluding hydrogens is 304 g/mol. The fourth-order valence-electron chi connectivity index (χ4n) is 3.70. The lowest BCUT2D eigenvalue weighted by molar-refractivity contribution is 0.0583. The van der Waals surface area contributed by atoms with Gasteiger partial charge in [-0.15, -0.1) is 0 Å². The van der Waals surface area contributed by atoms with Crippen molar-refractivity contribution < 1.29 is 9.32 Å². The van der Waals surface area contributed by atoms with E-state index in [9.17, 15) is 4.79 Å². The maximum Gasteiger partial charge on any atom is 0.255 e. The van der Waals surface area contributed by atoms with Gasteiger partial charge in [0, 0.05) is 36.1 Å². The zero-order valence-corrected chi connectivity index (χ0v) is 14.9. The molecule has 2 atom stereocenters. The van der Waals surface area contributed by atoms with Crippen LogP contribution in [-0.2, 0) is 0 Å². The molecular formula is C18H26N4O2. The van der Waals surface area contributed by atoms with E-state index in [1.165, 1.54) is 0 Å². The number of carbonyl (C=O) groups excluding carboxylic acids is 1. The van der Waals surface area contributed by atoms with Gasteiger partial charge < -0.3 is 15.2 Å². The highest BCUT2D eigenvalue weighted by Crippen LogP contribution is 2.26. The van der Waals surface area contributed by atoms with E-state index in [1.54, 1.807) is 0 Å². The van der Waals surface area contributed by atoms with Crippen LogP contribution in [0.1, 0.15) is 53.7 Å². The lowest BCUT2D eigenvalue weighted by Gasteiger charge is -2.38. The molecule has 6 heteroatoms. The van der Waals surface area contributed by atoms with Gasteiger partial charge in [-0.2, -0.15) is 0 Å². The molecule has 1 fully saturated rings. The molecule has 1 aliphatic heterocycles. The Morgan fingerprint density at radius 1 is 1.33 bits per heavy atom. The Kier molecular flexibility index (Phi) is 4.49. The van der Waals surface area contributed by atoms with Crippen LogP contribution in [0.4, 0.5) is 0 Å². The number of aryl methyl sites for hydroxylation is 2. The molecule has 2 aromatic heterocycles. The van der Waals surface area contributed by atoms with Crippen molar-refractivity contribution in [1.29, 1.82) is 0 Å². The summed E-state index contributed by atoms with van der Waals surface area (Å²) in [5.41, 5.74) is 8.70. The van der Waals surface area contributed by atoms with Gasteiger partial charge in [-0.3, -0.25) is 9.36 Å². The van der Waals surface area contributed by atoms with Gasteiger partial charge in [0.1, 0.15) is 5.76 Å². The quantitative estimate of drug-likeness (QED) is 0.938. The van der Waals surface area contributed by atoms with Crippen molar-refractivity contribution in [2.45, 2.75) is 59.0 Å². The van der Waals surface area contributed by atoms with Crippen LogP contribution in [0, 0.1) is 20.8 Å². The van der Waals surface area contributed by atoms with Crippen LogP contribution >= 0.6 is 0 Å². The first-order chi connectivity index (χ1) is 11.4. The van der Waals surface area contributed by atoms with Crippen molar-refractivity contribution in [3.8, 4) is 5.82 Å². The van der Waals surface area contributed by atoms with Gasteiger partial charge in [0.25, 0.3) is 5.91 Å². The molecule has 24 heavy (non-hydrogen) atoms. The van der Waals surface area contributed by atoms with Crippen LogP contribution in [-0.4, -0.2) is 39.2 Å². The Morgan fingerprint density at radius 2 is 2.08 bits per heavy atom. The number of rotatable bonds is 3. The number of amides is 1. The van der Waals surface area contributed by atoms with Gasteiger partial charge in [-0.05, 0) is 53.0 Å². The van der Waals surface area contributed by atoms with E-state index in [0.29, 0.717) is 5.82 Å². The first kappa shape index (κ1) is 16.8. The molecule has 1 amide bonds. The van der Waals surface area contributed by atoms with Gasteiger partial charge in [0.05, 0.1) is 5.56 Å². The Hall–Kier alpha value is -2.08. The summed E-state index contributed by atoms with van der Waals surface area (Å²) in [6, 6.07) is 3.91. The molecule has 3 heterocycles. The fraction of sp³-hybridized carbons (Fsp3) is 0.556. The summed E-state index contributed by atoms with van der Waals surface area (Å²) in [4.78, 5) is 15.1. The predicted molar refractivity (Wildman–Crippen MR) is 92.4 cm³/mol. The van der Waals surface area contributed by atoms with Crippen LogP contribution in [0.3, 0.4) is 0 Å². The third kappa shape index (κ3) is 2.86. The van der Waals surface area contributed by atoms with E-state index in [0.717, 1.165) is 48.5 Å². The molecule has 0 unspecified atom stereocenters. The summed E-state index contributed by atoms with van der Waals surface area (Å²) in [6.45, 7) is 8.55. The van der Waals surface area contributed by atoms with Crippen LogP contribution < -0.4 is 5.73 Å². The Labute approximate surface area is 142 Å². The summed E-state index contributed by atoms with van der Waals surface area (Å²) >= 11 is 0. The second-order valence-electron chi connectivity index (χ2n) is 6.84. The standard InChI is InChI=1S/C18H26N4O2/c1-11-9-15(14(4)22(11)17-10-12(2)24-20-17)18(23)21-8-6-5-7-16(21)13(3)19/h9-10,13,16H,5-8,19H2,1-4H3/t13-,16+/m0/s1. The van der Waals surface area contributed by atoms with Crippen LogP contribution in [0.15, 0.2) is 16.7 Å². The molecule has 1 aliphatic rings. The number of hydrogen-bond acceptors (Lipinski definition) is 4. The molecule has 2 aromatic rings. The third-order valence-electron chi connectivity index (χ3n) is 4.92. The van der Waals surface area contributed by atoms with Gasteiger partial charge in [-0.1, -0.05) is 5.16 Å². The van der Waals surface area contributed by atoms with Crippen molar-refractivity contribution in [3.05, 3.63) is 34.8 Å². The minimum atomic E-state index is -0.0177. The van der Waals surface area contributed by atoms with E-state index in [1.807, 2.05) is 49.3 Å². The summed E-state index contributed by atoms with van der Waals surface area (Å²) in [5.74, 6) is 1.53. The third-order valence-corrected chi connectivity index (χ3v) is 4.92.